The molecule has 0 unspecified atom stereocenters. The van der Waals surface area contributed by atoms with Gasteiger partial charge in [0.05, 0.1) is 13.2 Å². The van der Waals surface area contributed by atoms with E-state index >= 15 is 0 Å². The summed E-state index contributed by atoms with van der Waals surface area (Å²) in [7, 11) is 0. The molecule has 2 heterocycles. The first-order valence-corrected chi connectivity index (χ1v) is 8.20. The summed E-state index contributed by atoms with van der Waals surface area (Å²) in [6, 6.07) is 0.801. The molecule has 2 amide bonds. The molecule has 0 N–H and O–H groups in total. The summed E-state index contributed by atoms with van der Waals surface area (Å²) in [5.74, 6) is 0. The number of ether oxygens (including phenoxy) is 1. The molecule has 3 aliphatic rings. The lowest BCUT2D eigenvalue weighted by atomic mass is 9.94. The van der Waals surface area contributed by atoms with Crippen LogP contribution in [0, 0.1) is 0 Å². The largest absolute Gasteiger partial charge is 0.379 e. The van der Waals surface area contributed by atoms with E-state index in [0.29, 0.717) is 6.04 Å². The Balaban J connectivity index is 1.45. The second kappa shape index (κ2) is 6.76. The first-order chi connectivity index (χ1) is 9.84. The first-order valence-electron chi connectivity index (χ1n) is 8.20. The quantitative estimate of drug-likeness (QED) is 0.781. The number of carbonyl (C=O) groups excluding carboxylic acids is 1. The van der Waals surface area contributed by atoms with Crippen molar-refractivity contribution in [1.82, 2.24) is 14.7 Å². The molecule has 1 aliphatic carbocycles. The van der Waals surface area contributed by atoms with Crippen LogP contribution in [0.2, 0.25) is 0 Å². The minimum absolute atomic E-state index is 0.283. The lowest BCUT2D eigenvalue weighted by Gasteiger charge is -2.31. The van der Waals surface area contributed by atoms with E-state index in [2.05, 4.69) is 9.80 Å². The van der Waals surface area contributed by atoms with Crippen LogP contribution in [0.4, 0.5) is 4.79 Å². The molecule has 5 heteroatoms. The smallest absolute Gasteiger partial charge is 0.320 e. The minimum Gasteiger partial charge on any atom is -0.379 e. The minimum atomic E-state index is 0.283. The highest BCUT2D eigenvalue weighted by Gasteiger charge is 2.33. The lowest BCUT2D eigenvalue weighted by molar-refractivity contribution is 0.0354. The van der Waals surface area contributed by atoms with E-state index in [4.69, 9.17) is 4.74 Å². The maximum atomic E-state index is 12.5. The van der Waals surface area contributed by atoms with Crippen LogP contribution in [0.25, 0.3) is 0 Å². The second-order valence-corrected chi connectivity index (χ2v) is 6.21. The zero-order valence-electron chi connectivity index (χ0n) is 12.4. The molecule has 2 aliphatic heterocycles. The van der Waals surface area contributed by atoms with Crippen molar-refractivity contribution >= 4 is 6.03 Å². The van der Waals surface area contributed by atoms with Crippen LogP contribution in [-0.2, 0) is 4.74 Å². The zero-order chi connectivity index (χ0) is 13.8. The number of hydrogen-bond donors (Lipinski definition) is 0. The molecule has 0 spiro atoms. The molecule has 2 saturated heterocycles. The number of rotatable bonds is 4. The van der Waals surface area contributed by atoms with Gasteiger partial charge in [0.2, 0.25) is 0 Å². The van der Waals surface area contributed by atoms with Crippen molar-refractivity contribution in [3.05, 3.63) is 0 Å². The van der Waals surface area contributed by atoms with Crippen LogP contribution in [0.1, 0.15) is 32.1 Å². The van der Waals surface area contributed by atoms with E-state index in [1.165, 1.54) is 32.1 Å². The van der Waals surface area contributed by atoms with Crippen LogP contribution in [0.5, 0.6) is 0 Å². The molecule has 0 bridgehead atoms. The van der Waals surface area contributed by atoms with Crippen molar-refractivity contribution in [1.29, 1.82) is 0 Å². The molecule has 0 atom stereocenters. The van der Waals surface area contributed by atoms with Gasteiger partial charge in [0.25, 0.3) is 0 Å². The number of hydrogen-bond acceptors (Lipinski definition) is 3. The summed E-state index contributed by atoms with van der Waals surface area (Å²) in [6.45, 7) is 7.41. The van der Waals surface area contributed by atoms with E-state index < -0.39 is 0 Å². The summed E-state index contributed by atoms with van der Waals surface area (Å²) >= 11 is 0. The first kappa shape index (κ1) is 14.1. The van der Waals surface area contributed by atoms with Crippen molar-refractivity contribution < 1.29 is 9.53 Å². The van der Waals surface area contributed by atoms with Gasteiger partial charge in [-0.2, -0.15) is 0 Å². The van der Waals surface area contributed by atoms with Crippen LogP contribution >= 0.6 is 0 Å². The molecule has 3 rings (SSSR count). The molecular weight excluding hydrogens is 254 g/mol. The van der Waals surface area contributed by atoms with Gasteiger partial charge in [-0.1, -0.05) is 19.3 Å². The lowest BCUT2D eigenvalue weighted by Crippen LogP contribution is -2.44. The molecule has 0 aromatic carbocycles. The standard InChI is InChI=1S/C15H27N3O2/c19-15-17(7-6-16-10-12-20-13-11-16)8-9-18(15)14-4-2-1-3-5-14/h14H,1-13H2. The van der Waals surface area contributed by atoms with Crippen LogP contribution in [0.15, 0.2) is 0 Å². The fourth-order valence-corrected chi connectivity index (χ4v) is 3.63. The number of carbonyl (C=O) groups is 1. The van der Waals surface area contributed by atoms with Crippen molar-refractivity contribution in [2.24, 2.45) is 0 Å². The highest BCUT2D eigenvalue weighted by molar-refractivity contribution is 5.76. The molecule has 0 radical (unpaired) electrons. The Morgan fingerprint density at radius 1 is 0.950 bits per heavy atom. The fourth-order valence-electron chi connectivity index (χ4n) is 3.63. The third-order valence-electron chi connectivity index (χ3n) is 4.93. The maximum Gasteiger partial charge on any atom is 0.320 e. The summed E-state index contributed by atoms with van der Waals surface area (Å²) < 4.78 is 5.36. The van der Waals surface area contributed by atoms with Gasteiger partial charge in [0.15, 0.2) is 0 Å². The highest BCUT2D eigenvalue weighted by atomic mass is 16.5. The molecule has 3 fully saturated rings. The highest BCUT2D eigenvalue weighted by Crippen LogP contribution is 2.25. The average molecular weight is 281 g/mol. The predicted octanol–water partition coefficient (Wildman–Crippen LogP) is 1.39. The molecule has 114 valence electrons. The molecule has 0 aromatic rings. The molecular formula is C15H27N3O2. The van der Waals surface area contributed by atoms with Crippen molar-refractivity contribution in [2.75, 3.05) is 52.5 Å². The summed E-state index contributed by atoms with van der Waals surface area (Å²) in [4.78, 5) is 19.1. The van der Waals surface area contributed by atoms with Gasteiger partial charge in [0.1, 0.15) is 0 Å². The van der Waals surface area contributed by atoms with Crippen molar-refractivity contribution in [3.63, 3.8) is 0 Å². The van der Waals surface area contributed by atoms with Gasteiger partial charge in [0, 0.05) is 45.3 Å². The third kappa shape index (κ3) is 3.26. The molecule has 5 nitrogen and oxygen atoms in total. The third-order valence-corrected chi connectivity index (χ3v) is 4.93. The topological polar surface area (TPSA) is 36.0 Å². The van der Waals surface area contributed by atoms with Gasteiger partial charge in [-0.3, -0.25) is 4.90 Å². The van der Waals surface area contributed by atoms with Crippen molar-refractivity contribution in [2.45, 2.75) is 38.1 Å². The Morgan fingerprint density at radius 2 is 1.70 bits per heavy atom. The Morgan fingerprint density at radius 3 is 2.45 bits per heavy atom. The predicted molar refractivity (Wildman–Crippen MR) is 77.8 cm³/mol. The maximum absolute atomic E-state index is 12.5. The number of nitrogens with zero attached hydrogens (tertiary/aromatic N) is 3. The Kier molecular flexibility index (Phi) is 4.78. The van der Waals surface area contributed by atoms with Crippen LogP contribution in [0.3, 0.4) is 0 Å². The monoisotopic (exact) mass is 281 g/mol. The molecule has 1 saturated carbocycles. The van der Waals surface area contributed by atoms with Gasteiger partial charge in [-0.05, 0) is 12.8 Å². The summed E-state index contributed by atoms with van der Waals surface area (Å²) in [6.07, 6.45) is 6.36. The Bertz CT molecular complexity index is 325. The molecule has 0 aromatic heterocycles. The second-order valence-electron chi connectivity index (χ2n) is 6.21. The van der Waals surface area contributed by atoms with E-state index in [9.17, 15) is 4.79 Å². The van der Waals surface area contributed by atoms with Gasteiger partial charge in [-0.15, -0.1) is 0 Å². The van der Waals surface area contributed by atoms with Crippen molar-refractivity contribution in [3.8, 4) is 0 Å². The summed E-state index contributed by atoms with van der Waals surface area (Å²) in [5.41, 5.74) is 0. The fraction of sp³-hybridized carbons (Fsp3) is 0.933. The van der Waals surface area contributed by atoms with Gasteiger partial charge < -0.3 is 14.5 Å². The molecule has 20 heavy (non-hydrogen) atoms. The van der Waals surface area contributed by atoms with E-state index in [1.807, 2.05) is 4.90 Å². The van der Waals surface area contributed by atoms with Crippen LogP contribution < -0.4 is 0 Å². The number of urea groups is 1. The van der Waals surface area contributed by atoms with Gasteiger partial charge in [-0.25, -0.2) is 4.79 Å². The SMILES string of the molecule is O=C1N(CCN2CCOCC2)CCN1C1CCCCC1. The van der Waals surface area contributed by atoms with E-state index in [0.717, 1.165) is 52.5 Å². The zero-order valence-corrected chi connectivity index (χ0v) is 12.4. The summed E-state index contributed by atoms with van der Waals surface area (Å²) in [5, 5.41) is 0. The van der Waals surface area contributed by atoms with E-state index in [-0.39, 0.29) is 6.03 Å². The van der Waals surface area contributed by atoms with Gasteiger partial charge >= 0.3 is 6.03 Å². The van der Waals surface area contributed by atoms with E-state index in [1.54, 1.807) is 0 Å². The van der Waals surface area contributed by atoms with Crippen LogP contribution in [-0.4, -0.2) is 79.3 Å². The number of amides is 2. The Hall–Kier alpha value is -0.810. The average Bonchev–Trinajstić information content (AvgIpc) is 2.88. The normalized spacial score (nSPS) is 26.5. The Labute approximate surface area is 121 Å². The number of morpholine rings is 1.